The Kier molecular flexibility index (Phi) is 4.14. The first-order valence-electron chi connectivity index (χ1n) is 8.78. The minimum Gasteiger partial charge on any atom is -0.381 e. The van der Waals surface area contributed by atoms with E-state index in [0.717, 1.165) is 62.2 Å². The van der Waals surface area contributed by atoms with Gasteiger partial charge in [-0.05, 0) is 31.4 Å². The quantitative estimate of drug-likeness (QED) is 0.855. The van der Waals surface area contributed by atoms with Crippen molar-refractivity contribution in [2.24, 2.45) is 0 Å². The van der Waals surface area contributed by atoms with Crippen molar-refractivity contribution >= 4 is 20.9 Å². The van der Waals surface area contributed by atoms with E-state index >= 15 is 0 Å². The van der Waals surface area contributed by atoms with Crippen molar-refractivity contribution < 1.29 is 13.2 Å². The first kappa shape index (κ1) is 16.1. The van der Waals surface area contributed by atoms with E-state index in [1.165, 1.54) is 5.56 Å². The molecule has 0 saturated carbocycles. The van der Waals surface area contributed by atoms with Gasteiger partial charge in [-0.2, -0.15) is 0 Å². The van der Waals surface area contributed by atoms with E-state index in [0.29, 0.717) is 6.04 Å². The van der Waals surface area contributed by atoms with Gasteiger partial charge in [0.25, 0.3) is 0 Å². The molecule has 5 nitrogen and oxygen atoms in total. The molecule has 130 valence electrons. The Labute approximate surface area is 143 Å². The average Bonchev–Trinajstić information content (AvgIpc) is 2.97. The standard InChI is InChI=1S/C18H24N2O3S/c1-2-24(21,22)20-17-6-4-3-5-15(17)16-13-19(10-7-18(16)20)14-8-11-23-12-9-14/h3-6,14H,2,7-13H2,1H3. The first-order chi connectivity index (χ1) is 11.6. The highest BCUT2D eigenvalue weighted by molar-refractivity contribution is 7.90. The average molecular weight is 348 g/mol. The molecule has 1 aromatic heterocycles. The van der Waals surface area contributed by atoms with Gasteiger partial charge in [-0.25, -0.2) is 12.4 Å². The van der Waals surface area contributed by atoms with Crippen molar-refractivity contribution in [1.82, 2.24) is 8.87 Å². The van der Waals surface area contributed by atoms with Crippen molar-refractivity contribution in [3.05, 3.63) is 35.5 Å². The fourth-order valence-electron chi connectivity index (χ4n) is 4.10. The molecule has 2 aliphatic rings. The van der Waals surface area contributed by atoms with E-state index in [9.17, 15) is 8.42 Å². The van der Waals surface area contributed by atoms with E-state index in [1.54, 1.807) is 10.9 Å². The van der Waals surface area contributed by atoms with Crippen LogP contribution in [0.1, 0.15) is 31.0 Å². The van der Waals surface area contributed by atoms with Crippen LogP contribution >= 0.6 is 0 Å². The molecule has 0 amide bonds. The zero-order chi connectivity index (χ0) is 16.7. The maximum Gasteiger partial charge on any atom is 0.238 e. The topological polar surface area (TPSA) is 51.5 Å². The second kappa shape index (κ2) is 6.17. The summed E-state index contributed by atoms with van der Waals surface area (Å²) < 4.78 is 32.4. The van der Waals surface area contributed by atoms with Gasteiger partial charge in [0.05, 0.1) is 11.3 Å². The Hall–Kier alpha value is -1.37. The lowest BCUT2D eigenvalue weighted by molar-refractivity contribution is 0.0291. The third-order valence-electron chi connectivity index (χ3n) is 5.39. The van der Waals surface area contributed by atoms with Crippen LogP contribution in [0.25, 0.3) is 10.9 Å². The minimum absolute atomic E-state index is 0.127. The molecule has 2 aliphatic heterocycles. The van der Waals surface area contributed by atoms with Gasteiger partial charge in [-0.3, -0.25) is 4.90 Å². The number of rotatable bonds is 3. The Bertz CT molecular complexity index is 851. The second-order valence-electron chi connectivity index (χ2n) is 6.67. The molecule has 1 aromatic carbocycles. The third-order valence-corrected chi connectivity index (χ3v) is 7.09. The van der Waals surface area contributed by atoms with Gasteiger partial charge in [0.2, 0.25) is 10.0 Å². The van der Waals surface area contributed by atoms with Gasteiger partial charge in [0.15, 0.2) is 0 Å². The molecule has 2 aromatic rings. The largest absolute Gasteiger partial charge is 0.381 e. The highest BCUT2D eigenvalue weighted by atomic mass is 32.2. The summed E-state index contributed by atoms with van der Waals surface area (Å²) in [5.74, 6) is 0.127. The molecule has 0 aliphatic carbocycles. The molecule has 0 bridgehead atoms. The molecule has 0 N–H and O–H groups in total. The first-order valence-corrected chi connectivity index (χ1v) is 10.4. The van der Waals surface area contributed by atoms with Crippen LogP contribution in [-0.4, -0.2) is 48.8 Å². The highest BCUT2D eigenvalue weighted by Crippen LogP contribution is 2.34. The van der Waals surface area contributed by atoms with Gasteiger partial charge in [0.1, 0.15) is 0 Å². The predicted molar refractivity (Wildman–Crippen MR) is 94.8 cm³/mol. The summed E-state index contributed by atoms with van der Waals surface area (Å²) in [5, 5.41) is 1.08. The van der Waals surface area contributed by atoms with Crippen molar-refractivity contribution in [3.63, 3.8) is 0 Å². The van der Waals surface area contributed by atoms with Crippen molar-refractivity contribution in [3.8, 4) is 0 Å². The summed E-state index contributed by atoms with van der Waals surface area (Å²) in [4.78, 5) is 2.51. The van der Waals surface area contributed by atoms with Crippen molar-refractivity contribution in [1.29, 1.82) is 0 Å². The number of benzene rings is 1. The summed E-state index contributed by atoms with van der Waals surface area (Å²) in [5.41, 5.74) is 3.01. The zero-order valence-electron chi connectivity index (χ0n) is 14.1. The van der Waals surface area contributed by atoms with Crippen LogP contribution in [0.15, 0.2) is 24.3 Å². The van der Waals surface area contributed by atoms with E-state index in [2.05, 4.69) is 11.0 Å². The normalized spacial score (nSPS) is 20.4. The second-order valence-corrected chi connectivity index (χ2v) is 8.78. The SMILES string of the molecule is CCS(=O)(=O)n1c2c(c3ccccc31)CN(C1CCOCC1)CC2. The number of hydrogen-bond donors (Lipinski definition) is 0. The number of para-hydroxylation sites is 1. The molecule has 0 atom stereocenters. The van der Waals surface area contributed by atoms with Crippen LogP contribution in [0.3, 0.4) is 0 Å². The Morgan fingerprint density at radius 3 is 2.71 bits per heavy atom. The summed E-state index contributed by atoms with van der Waals surface area (Å²) in [7, 11) is -3.29. The fraction of sp³-hybridized carbons (Fsp3) is 0.556. The summed E-state index contributed by atoms with van der Waals surface area (Å²) in [6, 6.07) is 8.46. The van der Waals surface area contributed by atoms with Crippen molar-refractivity contribution in [2.45, 2.75) is 38.8 Å². The molecule has 0 radical (unpaired) electrons. The Balaban J connectivity index is 1.80. The van der Waals surface area contributed by atoms with E-state index in [4.69, 9.17) is 4.74 Å². The lowest BCUT2D eigenvalue weighted by atomic mass is 10.00. The number of fused-ring (bicyclic) bond motifs is 3. The monoisotopic (exact) mass is 348 g/mol. The van der Waals surface area contributed by atoms with Crippen molar-refractivity contribution in [2.75, 3.05) is 25.5 Å². The van der Waals surface area contributed by atoms with Crippen LogP contribution in [0.5, 0.6) is 0 Å². The van der Waals surface area contributed by atoms with E-state index in [-0.39, 0.29) is 5.75 Å². The predicted octanol–water partition coefficient (Wildman–Crippen LogP) is 2.38. The van der Waals surface area contributed by atoms with Gasteiger partial charge >= 0.3 is 0 Å². The molecule has 24 heavy (non-hydrogen) atoms. The van der Waals surface area contributed by atoms with Gasteiger partial charge < -0.3 is 4.74 Å². The number of aromatic nitrogens is 1. The van der Waals surface area contributed by atoms with Gasteiger partial charge in [0, 0.05) is 49.8 Å². The lowest BCUT2D eigenvalue weighted by Crippen LogP contribution is -2.42. The molecule has 4 rings (SSSR count). The smallest absolute Gasteiger partial charge is 0.238 e. The van der Waals surface area contributed by atoms with Gasteiger partial charge in [-0.15, -0.1) is 0 Å². The molecular formula is C18H24N2O3S. The molecule has 6 heteroatoms. The summed E-state index contributed by atoms with van der Waals surface area (Å²) in [6.07, 6.45) is 2.93. The molecule has 1 fully saturated rings. The van der Waals surface area contributed by atoms with E-state index < -0.39 is 10.0 Å². The van der Waals surface area contributed by atoms with Crippen LogP contribution in [0, 0.1) is 0 Å². The molecular weight excluding hydrogens is 324 g/mol. The Morgan fingerprint density at radius 1 is 1.21 bits per heavy atom. The van der Waals surface area contributed by atoms with Crippen LogP contribution in [0.2, 0.25) is 0 Å². The number of hydrogen-bond acceptors (Lipinski definition) is 4. The fourth-order valence-corrected chi connectivity index (χ4v) is 5.35. The van der Waals surface area contributed by atoms with Crippen LogP contribution < -0.4 is 0 Å². The Morgan fingerprint density at radius 2 is 1.96 bits per heavy atom. The minimum atomic E-state index is -3.29. The lowest BCUT2D eigenvalue weighted by Gasteiger charge is -2.37. The maximum absolute atomic E-state index is 12.7. The van der Waals surface area contributed by atoms with E-state index in [1.807, 2.05) is 18.2 Å². The summed E-state index contributed by atoms with van der Waals surface area (Å²) in [6.45, 7) is 5.15. The molecule has 1 saturated heterocycles. The molecule has 0 spiro atoms. The number of nitrogens with zero attached hydrogens (tertiary/aromatic N) is 2. The molecule has 0 unspecified atom stereocenters. The third kappa shape index (κ3) is 2.57. The highest BCUT2D eigenvalue weighted by Gasteiger charge is 2.31. The summed E-state index contributed by atoms with van der Waals surface area (Å²) >= 11 is 0. The zero-order valence-corrected chi connectivity index (χ0v) is 14.9. The van der Waals surface area contributed by atoms with Crippen LogP contribution in [-0.2, 0) is 27.7 Å². The van der Waals surface area contributed by atoms with Gasteiger partial charge in [-0.1, -0.05) is 18.2 Å². The number of ether oxygens (including phenoxy) is 1. The molecule has 3 heterocycles. The maximum atomic E-state index is 12.7. The van der Waals surface area contributed by atoms with Crippen LogP contribution in [0.4, 0.5) is 0 Å².